The van der Waals surface area contributed by atoms with Crippen LogP contribution in [0.25, 0.3) is 0 Å². The Bertz CT molecular complexity index is 183. The van der Waals surface area contributed by atoms with Crippen molar-refractivity contribution in [3.05, 3.63) is 0 Å². The fourth-order valence-corrected chi connectivity index (χ4v) is 1.03. The zero-order valence-corrected chi connectivity index (χ0v) is 9.20. The van der Waals surface area contributed by atoms with Gasteiger partial charge < -0.3 is 20.8 Å². The van der Waals surface area contributed by atoms with Gasteiger partial charge in [-0.15, -0.1) is 12.4 Å². The van der Waals surface area contributed by atoms with E-state index in [0.29, 0.717) is 26.2 Å². The van der Waals surface area contributed by atoms with Crippen molar-refractivity contribution in [1.29, 1.82) is 0 Å². The number of carboxylic acids is 2. The molecule has 0 fully saturated rings. The summed E-state index contributed by atoms with van der Waals surface area (Å²) in [6, 6.07) is 0. The monoisotopic (exact) mass is 240 g/mol. The van der Waals surface area contributed by atoms with Gasteiger partial charge in [-0.1, -0.05) is 0 Å². The first-order valence-corrected chi connectivity index (χ1v) is 4.42. The van der Waals surface area contributed by atoms with Gasteiger partial charge in [-0.25, -0.2) is 0 Å². The molecule has 0 aromatic carbocycles. The summed E-state index contributed by atoms with van der Waals surface area (Å²) < 4.78 is 0. The van der Waals surface area contributed by atoms with Crippen molar-refractivity contribution >= 4 is 24.3 Å². The molecule has 0 aliphatic rings. The van der Waals surface area contributed by atoms with E-state index in [0.717, 1.165) is 0 Å². The van der Waals surface area contributed by atoms with Gasteiger partial charge in [-0.05, 0) is 0 Å². The minimum Gasteiger partial charge on any atom is -0.481 e. The van der Waals surface area contributed by atoms with Crippen LogP contribution in [0.15, 0.2) is 0 Å². The fourth-order valence-electron chi connectivity index (χ4n) is 1.03. The summed E-state index contributed by atoms with van der Waals surface area (Å²) in [5, 5.41) is 16.9. The van der Waals surface area contributed by atoms with Gasteiger partial charge in [-0.3, -0.25) is 9.59 Å². The highest BCUT2D eigenvalue weighted by molar-refractivity contribution is 5.85. The van der Waals surface area contributed by atoms with Crippen molar-refractivity contribution in [2.24, 2.45) is 5.73 Å². The second kappa shape index (κ2) is 9.70. The lowest BCUT2D eigenvalue weighted by Gasteiger charge is -2.19. The highest BCUT2D eigenvalue weighted by Gasteiger charge is 2.08. The van der Waals surface area contributed by atoms with Crippen LogP contribution in [-0.4, -0.2) is 53.2 Å². The predicted octanol–water partition coefficient (Wildman–Crippen LogP) is -0.382. The number of carboxylic acid groups (broad SMARTS) is 2. The van der Waals surface area contributed by atoms with Gasteiger partial charge in [0.15, 0.2) is 0 Å². The molecular formula is C8H17ClN2O4. The van der Waals surface area contributed by atoms with E-state index in [9.17, 15) is 9.59 Å². The Hall–Kier alpha value is -0.850. The quantitative estimate of drug-likeness (QED) is 0.534. The Balaban J connectivity index is 0. The SMILES string of the molecule is Cl.NCCN(CCC(=O)O)CCC(=O)O. The van der Waals surface area contributed by atoms with Gasteiger partial charge in [0.2, 0.25) is 0 Å². The first-order chi connectivity index (χ1) is 6.56. The zero-order chi connectivity index (χ0) is 11.0. The topological polar surface area (TPSA) is 104 Å². The molecule has 0 unspecified atom stereocenters. The van der Waals surface area contributed by atoms with Crippen LogP contribution >= 0.6 is 12.4 Å². The molecule has 15 heavy (non-hydrogen) atoms. The Morgan fingerprint density at radius 3 is 1.67 bits per heavy atom. The average molecular weight is 241 g/mol. The van der Waals surface area contributed by atoms with Crippen molar-refractivity contribution in [2.45, 2.75) is 12.8 Å². The van der Waals surface area contributed by atoms with E-state index in [1.54, 1.807) is 4.90 Å². The first-order valence-electron chi connectivity index (χ1n) is 4.42. The molecule has 0 rings (SSSR count). The molecule has 0 spiro atoms. The minimum absolute atomic E-state index is 0. The Morgan fingerprint density at radius 1 is 1.00 bits per heavy atom. The van der Waals surface area contributed by atoms with Crippen molar-refractivity contribution < 1.29 is 19.8 Å². The van der Waals surface area contributed by atoms with Crippen LogP contribution in [-0.2, 0) is 9.59 Å². The first kappa shape index (κ1) is 16.6. The van der Waals surface area contributed by atoms with Crippen molar-refractivity contribution in [1.82, 2.24) is 4.90 Å². The van der Waals surface area contributed by atoms with Crippen LogP contribution < -0.4 is 5.73 Å². The smallest absolute Gasteiger partial charge is 0.304 e. The number of aliphatic carboxylic acids is 2. The Labute approximate surface area is 94.5 Å². The lowest BCUT2D eigenvalue weighted by molar-refractivity contribution is -0.137. The maximum Gasteiger partial charge on any atom is 0.304 e. The maximum absolute atomic E-state index is 10.3. The van der Waals surface area contributed by atoms with Crippen LogP contribution in [0.2, 0.25) is 0 Å². The number of hydrogen-bond donors (Lipinski definition) is 3. The summed E-state index contributed by atoms with van der Waals surface area (Å²) in [6.45, 7) is 1.62. The third kappa shape index (κ3) is 11.1. The van der Waals surface area contributed by atoms with E-state index in [4.69, 9.17) is 15.9 Å². The zero-order valence-electron chi connectivity index (χ0n) is 8.39. The number of halogens is 1. The summed E-state index contributed by atoms with van der Waals surface area (Å²) in [7, 11) is 0. The molecule has 0 heterocycles. The summed E-state index contributed by atoms with van der Waals surface area (Å²) in [5.41, 5.74) is 5.31. The lowest BCUT2D eigenvalue weighted by Crippen LogP contribution is -2.33. The normalized spacial score (nSPS) is 9.73. The van der Waals surface area contributed by atoms with Crippen molar-refractivity contribution in [3.63, 3.8) is 0 Å². The van der Waals surface area contributed by atoms with E-state index in [-0.39, 0.29) is 25.2 Å². The third-order valence-electron chi connectivity index (χ3n) is 1.73. The number of nitrogens with two attached hydrogens (primary N) is 1. The largest absolute Gasteiger partial charge is 0.481 e. The van der Waals surface area contributed by atoms with Crippen LogP contribution in [0.1, 0.15) is 12.8 Å². The summed E-state index contributed by atoms with van der Waals surface area (Å²) in [4.78, 5) is 22.3. The predicted molar refractivity (Wildman–Crippen MR) is 57.2 cm³/mol. The van der Waals surface area contributed by atoms with Crippen LogP contribution in [0.3, 0.4) is 0 Å². The number of hydrogen-bond acceptors (Lipinski definition) is 4. The van der Waals surface area contributed by atoms with Gasteiger partial charge in [0, 0.05) is 26.2 Å². The molecule has 0 saturated heterocycles. The van der Waals surface area contributed by atoms with Crippen molar-refractivity contribution in [3.8, 4) is 0 Å². The second-order valence-electron chi connectivity index (χ2n) is 2.92. The van der Waals surface area contributed by atoms with Gasteiger partial charge in [0.25, 0.3) is 0 Å². The molecule has 4 N–H and O–H groups in total. The molecule has 0 saturated carbocycles. The van der Waals surface area contributed by atoms with E-state index in [2.05, 4.69) is 0 Å². The van der Waals surface area contributed by atoms with Crippen molar-refractivity contribution in [2.75, 3.05) is 26.2 Å². The second-order valence-corrected chi connectivity index (χ2v) is 2.92. The maximum atomic E-state index is 10.3. The van der Waals surface area contributed by atoms with E-state index < -0.39 is 11.9 Å². The molecule has 0 aromatic heterocycles. The standard InChI is InChI=1S/C8H16N2O4.ClH/c9-3-6-10(4-1-7(11)12)5-2-8(13)14;/h1-6,9H2,(H,11,12)(H,13,14);1H. The highest BCUT2D eigenvalue weighted by Crippen LogP contribution is 1.94. The molecule has 7 heteroatoms. The molecule has 0 radical (unpaired) electrons. The summed E-state index contributed by atoms with van der Waals surface area (Å²) in [6.07, 6.45) is 0.0270. The molecule has 0 aliphatic heterocycles. The summed E-state index contributed by atoms with van der Waals surface area (Å²) >= 11 is 0. The summed E-state index contributed by atoms with van der Waals surface area (Å²) in [5.74, 6) is -1.77. The van der Waals surface area contributed by atoms with E-state index in [1.807, 2.05) is 0 Å². The van der Waals surface area contributed by atoms with E-state index in [1.165, 1.54) is 0 Å². The van der Waals surface area contributed by atoms with Crippen LogP contribution in [0.5, 0.6) is 0 Å². The molecular weight excluding hydrogens is 224 g/mol. The molecule has 0 atom stereocenters. The van der Waals surface area contributed by atoms with Gasteiger partial charge in [0.1, 0.15) is 0 Å². The fraction of sp³-hybridized carbons (Fsp3) is 0.750. The minimum atomic E-state index is -0.887. The highest BCUT2D eigenvalue weighted by atomic mass is 35.5. The molecule has 90 valence electrons. The lowest BCUT2D eigenvalue weighted by atomic mass is 10.3. The molecule has 0 aromatic rings. The number of rotatable bonds is 8. The Kier molecular flexibility index (Phi) is 10.7. The van der Waals surface area contributed by atoms with E-state index >= 15 is 0 Å². The third-order valence-corrected chi connectivity index (χ3v) is 1.73. The van der Waals surface area contributed by atoms with Gasteiger partial charge in [-0.2, -0.15) is 0 Å². The molecule has 0 amide bonds. The van der Waals surface area contributed by atoms with Crippen LogP contribution in [0.4, 0.5) is 0 Å². The number of nitrogens with zero attached hydrogens (tertiary/aromatic N) is 1. The van der Waals surface area contributed by atoms with Crippen LogP contribution in [0, 0.1) is 0 Å². The molecule has 0 bridgehead atoms. The Morgan fingerprint density at radius 2 is 1.40 bits per heavy atom. The van der Waals surface area contributed by atoms with Gasteiger partial charge >= 0.3 is 11.9 Å². The number of carbonyl (C=O) groups is 2. The molecule has 0 aliphatic carbocycles. The average Bonchev–Trinajstić information content (AvgIpc) is 2.09. The van der Waals surface area contributed by atoms with Gasteiger partial charge in [0.05, 0.1) is 12.8 Å². The molecule has 6 nitrogen and oxygen atoms in total.